The lowest BCUT2D eigenvalue weighted by molar-refractivity contribution is 0.669. The van der Waals surface area contributed by atoms with Crippen molar-refractivity contribution in [3.8, 4) is 33.4 Å². The monoisotopic (exact) mass is 600 g/mol. The maximum Gasteiger partial charge on any atom is 0.136 e. The first-order valence-electron chi connectivity index (χ1n) is 17.8. The minimum Gasteiger partial charge on any atom is -0.456 e. The Kier molecular flexibility index (Phi) is 4.83. The molecule has 0 unspecified atom stereocenters. The van der Waals surface area contributed by atoms with Gasteiger partial charge in [0.2, 0.25) is 0 Å². The molecule has 0 aliphatic heterocycles. The average Bonchev–Trinajstić information content (AvgIpc) is 3.54. The van der Waals surface area contributed by atoms with Gasteiger partial charge < -0.3 is 4.42 Å². The van der Waals surface area contributed by atoms with Crippen LogP contribution in [0.1, 0.15) is 5.48 Å². The highest BCUT2D eigenvalue weighted by Crippen LogP contribution is 2.45. The van der Waals surface area contributed by atoms with Crippen LogP contribution in [0.3, 0.4) is 0 Å². The van der Waals surface area contributed by atoms with E-state index in [0.29, 0.717) is 32.7 Å². The summed E-state index contributed by atoms with van der Waals surface area (Å²) >= 11 is 0. The third-order valence-electron chi connectivity index (χ3n) is 9.48. The second-order valence-corrected chi connectivity index (χ2v) is 12.1. The second kappa shape index (κ2) is 10.2. The minimum atomic E-state index is 0.273. The topological polar surface area (TPSA) is 13.1 Å². The van der Waals surface area contributed by atoms with Crippen LogP contribution in [0, 0.1) is 0 Å². The molecule has 9 aromatic carbocycles. The zero-order valence-corrected chi connectivity index (χ0v) is 25.3. The molecule has 10 aromatic rings. The van der Waals surface area contributed by atoms with Crippen molar-refractivity contribution in [2.24, 2.45) is 0 Å². The molecule has 1 nitrogen and oxygen atoms in total. The van der Waals surface area contributed by atoms with Gasteiger partial charge in [0.1, 0.15) is 11.2 Å². The lowest BCUT2D eigenvalue weighted by Crippen LogP contribution is -1.90. The van der Waals surface area contributed by atoms with E-state index in [2.05, 4.69) is 78.9 Å². The molecular formula is C46H28O. The van der Waals surface area contributed by atoms with E-state index in [1.165, 1.54) is 21.5 Å². The molecule has 0 aliphatic carbocycles. The third kappa shape index (κ3) is 4.03. The Labute approximate surface area is 277 Å². The molecule has 47 heavy (non-hydrogen) atoms. The molecule has 0 bridgehead atoms. The smallest absolute Gasteiger partial charge is 0.136 e. The summed E-state index contributed by atoms with van der Waals surface area (Å²) in [5, 5.41) is 9.21. The normalized spacial score (nSPS) is 13.0. The van der Waals surface area contributed by atoms with Gasteiger partial charge in [0.05, 0.1) is 5.48 Å². The van der Waals surface area contributed by atoms with Crippen LogP contribution in [0.4, 0.5) is 0 Å². The zero-order valence-electron chi connectivity index (χ0n) is 29.3. The van der Waals surface area contributed by atoms with Crippen molar-refractivity contribution in [3.05, 3.63) is 170 Å². The Hall–Kier alpha value is -6.18. The van der Waals surface area contributed by atoms with E-state index in [-0.39, 0.29) is 24.2 Å². The fraction of sp³-hybridized carbons (Fsp3) is 0. The van der Waals surface area contributed by atoms with E-state index >= 15 is 0 Å². The lowest BCUT2D eigenvalue weighted by atomic mass is 9.86. The molecular weight excluding hydrogens is 569 g/mol. The Morgan fingerprint density at radius 2 is 0.894 bits per heavy atom. The molecule has 0 radical (unpaired) electrons. The van der Waals surface area contributed by atoms with E-state index in [1.54, 1.807) is 24.3 Å². The first-order valence-corrected chi connectivity index (χ1v) is 15.8. The molecule has 0 amide bonds. The largest absolute Gasteiger partial charge is 0.456 e. The molecule has 0 saturated carbocycles. The number of furan rings is 1. The number of fused-ring (bicyclic) bond motifs is 8. The minimum absolute atomic E-state index is 0.273. The van der Waals surface area contributed by atoms with E-state index < -0.39 is 0 Å². The summed E-state index contributed by atoms with van der Waals surface area (Å²) in [5.74, 6) is 0. The van der Waals surface area contributed by atoms with Crippen molar-refractivity contribution in [3.63, 3.8) is 0 Å². The first kappa shape index (κ1) is 22.3. The Morgan fingerprint density at radius 1 is 0.319 bits per heavy atom. The molecule has 218 valence electrons. The number of hydrogen-bond acceptors (Lipinski definition) is 1. The van der Waals surface area contributed by atoms with Crippen LogP contribution in [0.15, 0.2) is 174 Å². The van der Waals surface area contributed by atoms with Crippen LogP contribution in [-0.2, 0) is 0 Å². The van der Waals surface area contributed by atoms with Gasteiger partial charge in [0.15, 0.2) is 0 Å². The van der Waals surface area contributed by atoms with Gasteiger partial charge in [-0.25, -0.2) is 0 Å². The standard InChI is InChI=1S/C46H28O/c1-2-11-30(12-3-1)45-38-14-6-8-16-40(38)46(41-17-9-7-15-39(41)45)34-22-25-43-42(27-34)37-24-21-32(28-44(37)47-43)31-20-23-36-33(26-31)19-18-29-10-4-5-13-35(29)36/h1-28H/i14D,15D,16D,17D. The number of rotatable bonds is 3. The quantitative estimate of drug-likeness (QED) is 0.145. The SMILES string of the molecule is [2H]c1ccc([2H])c2c(-c3ccc4oc5cc(-c6ccc7c(ccc8ccccc87)c6)ccc5c4c3)c3c([2H])ccc([2H])c3c(-c3ccccc3)c12. The molecule has 0 saturated heterocycles. The average molecular weight is 601 g/mol. The van der Waals surface area contributed by atoms with Gasteiger partial charge in [0.25, 0.3) is 0 Å². The molecule has 0 spiro atoms. The van der Waals surface area contributed by atoms with E-state index in [4.69, 9.17) is 9.90 Å². The summed E-state index contributed by atoms with van der Waals surface area (Å²) in [4.78, 5) is 0. The van der Waals surface area contributed by atoms with Crippen molar-refractivity contribution < 1.29 is 9.90 Å². The first-order chi connectivity index (χ1) is 24.9. The van der Waals surface area contributed by atoms with Gasteiger partial charge in [-0.05, 0) is 107 Å². The number of hydrogen-bond donors (Lipinski definition) is 0. The van der Waals surface area contributed by atoms with Crippen molar-refractivity contribution in [2.75, 3.05) is 0 Å². The van der Waals surface area contributed by atoms with E-state index in [0.717, 1.165) is 44.2 Å². The van der Waals surface area contributed by atoms with Crippen LogP contribution >= 0.6 is 0 Å². The predicted octanol–water partition coefficient (Wildman–Crippen LogP) is 13.2. The van der Waals surface area contributed by atoms with Crippen LogP contribution in [-0.4, -0.2) is 0 Å². The Balaban J connectivity index is 1.20. The molecule has 1 heterocycles. The van der Waals surface area contributed by atoms with Crippen molar-refractivity contribution >= 4 is 65.0 Å². The second-order valence-electron chi connectivity index (χ2n) is 12.1. The maximum absolute atomic E-state index is 9.16. The lowest BCUT2D eigenvalue weighted by Gasteiger charge is -2.17. The molecule has 10 rings (SSSR count). The fourth-order valence-electron chi connectivity index (χ4n) is 7.31. The van der Waals surface area contributed by atoms with Gasteiger partial charge in [-0.3, -0.25) is 0 Å². The van der Waals surface area contributed by atoms with Gasteiger partial charge >= 0.3 is 0 Å². The molecule has 0 atom stereocenters. The van der Waals surface area contributed by atoms with Crippen LogP contribution in [0.2, 0.25) is 0 Å². The number of benzene rings is 9. The van der Waals surface area contributed by atoms with Gasteiger partial charge in [-0.1, -0.05) is 139 Å². The predicted molar refractivity (Wildman–Crippen MR) is 200 cm³/mol. The summed E-state index contributed by atoms with van der Waals surface area (Å²) in [5.41, 5.74) is 6.75. The van der Waals surface area contributed by atoms with Gasteiger partial charge in [-0.15, -0.1) is 0 Å². The summed E-state index contributed by atoms with van der Waals surface area (Å²) in [6.07, 6.45) is 0. The van der Waals surface area contributed by atoms with Crippen LogP contribution < -0.4 is 0 Å². The zero-order chi connectivity index (χ0) is 34.4. The summed E-state index contributed by atoms with van der Waals surface area (Å²) in [6, 6.07) is 49.3. The molecule has 0 aliphatic rings. The summed E-state index contributed by atoms with van der Waals surface area (Å²) in [6.45, 7) is 0. The highest BCUT2D eigenvalue weighted by Gasteiger charge is 2.18. The van der Waals surface area contributed by atoms with Crippen molar-refractivity contribution in [2.45, 2.75) is 0 Å². The molecule has 1 heteroatoms. The summed E-state index contributed by atoms with van der Waals surface area (Å²) < 4.78 is 42.9. The van der Waals surface area contributed by atoms with Crippen LogP contribution in [0.25, 0.3) is 98.4 Å². The molecule has 0 fully saturated rings. The fourth-order valence-corrected chi connectivity index (χ4v) is 7.31. The summed E-state index contributed by atoms with van der Waals surface area (Å²) in [7, 11) is 0. The van der Waals surface area contributed by atoms with Crippen molar-refractivity contribution in [1.82, 2.24) is 0 Å². The maximum atomic E-state index is 9.16. The van der Waals surface area contributed by atoms with E-state index in [9.17, 15) is 0 Å². The third-order valence-corrected chi connectivity index (χ3v) is 9.48. The molecule has 0 N–H and O–H groups in total. The Morgan fingerprint density at radius 3 is 1.64 bits per heavy atom. The highest BCUT2D eigenvalue weighted by atomic mass is 16.3. The highest BCUT2D eigenvalue weighted by molar-refractivity contribution is 6.22. The van der Waals surface area contributed by atoms with Gasteiger partial charge in [0, 0.05) is 10.8 Å². The van der Waals surface area contributed by atoms with Gasteiger partial charge in [-0.2, -0.15) is 0 Å². The Bertz CT molecular complexity index is 3000. The van der Waals surface area contributed by atoms with E-state index in [1.807, 2.05) is 42.5 Å². The van der Waals surface area contributed by atoms with Crippen molar-refractivity contribution in [1.29, 1.82) is 0 Å². The molecule has 1 aromatic heterocycles. The van der Waals surface area contributed by atoms with Crippen LogP contribution in [0.5, 0.6) is 0 Å².